The standard InChI is InChI=1S/C7H4ClF2NO/c8-5-1-4(3-12)2-11-6(5)7(9)10/h1-3,7H. The SMILES string of the molecule is O=Cc1cnc(C(F)F)c(Cl)c1. The van der Waals surface area contributed by atoms with Crippen LogP contribution in [0.4, 0.5) is 8.78 Å². The van der Waals surface area contributed by atoms with Crippen LogP contribution in [0.5, 0.6) is 0 Å². The van der Waals surface area contributed by atoms with Crippen molar-refractivity contribution >= 4 is 17.9 Å². The Hall–Kier alpha value is -1.03. The number of carbonyl (C=O) groups is 1. The van der Waals surface area contributed by atoms with Crippen molar-refractivity contribution in [1.29, 1.82) is 0 Å². The molecule has 1 aromatic rings. The number of rotatable bonds is 2. The third kappa shape index (κ3) is 1.76. The van der Waals surface area contributed by atoms with E-state index < -0.39 is 12.1 Å². The number of carbonyl (C=O) groups excluding carboxylic acids is 1. The minimum atomic E-state index is -2.71. The van der Waals surface area contributed by atoms with Gasteiger partial charge < -0.3 is 0 Å². The summed E-state index contributed by atoms with van der Waals surface area (Å²) in [4.78, 5) is 13.5. The molecule has 0 aliphatic heterocycles. The molecule has 12 heavy (non-hydrogen) atoms. The maximum Gasteiger partial charge on any atom is 0.281 e. The molecule has 0 bridgehead atoms. The summed E-state index contributed by atoms with van der Waals surface area (Å²) >= 11 is 5.40. The molecular formula is C7H4ClF2NO. The minimum absolute atomic E-state index is 0.185. The van der Waals surface area contributed by atoms with E-state index in [4.69, 9.17) is 11.6 Å². The highest BCUT2D eigenvalue weighted by Gasteiger charge is 2.13. The molecule has 0 aliphatic carbocycles. The van der Waals surface area contributed by atoms with E-state index in [-0.39, 0.29) is 10.6 Å². The Morgan fingerprint density at radius 3 is 2.67 bits per heavy atom. The molecule has 0 amide bonds. The predicted molar refractivity (Wildman–Crippen MR) is 39.6 cm³/mol. The summed E-state index contributed by atoms with van der Waals surface area (Å²) in [6, 6.07) is 1.16. The summed E-state index contributed by atoms with van der Waals surface area (Å²) in [5, 5.41) is -0.186. The molecule has 0 N–H and O–H groups in total. The van der Waals surface area contributed by atoms with Gasteiger partial charge in [-0.2, -0.15) is 0 Å². The normalized spacial score (nSPS) is 10.3. The van der Waals surface area contributed by atoms with Crippen LogP contribution in [0.1, 0.15) is 22.5 Å². The van der Waals surface area contributed by atoms with Gasteiger partial charge in [0.15, 0.2) is 6.29 Å². The summed E-state index contributed by atoms with van der Waals surface area (Å²) in [6.07, 6.45) is -1.16. The number of hydrogen-bond donors (Lipinski definition) is 0. The molecule has 0 radical (unpaired) electrons. The van der Waals surface area contributed by atoms with Crippen molar-refractivity contribution < 1.29 is 13.6 Å². The van der Waals surface area contributed by atoms with E-state index in [0.29, 0.717) is 6.29 Å². The second-order valence-electron chi connectivity index (χ2n) is 2.05. The molecule has 2 nitrogen and oxygen atoms in total. The zero-order valence-electron chi connectivity index (χ0n) is 5.80. The Morgan fingerprint density at radius 1 is 1.58 bits per heavy atom. The third-order valence-corrected chi connectivity index (χ3v) is 1.54. The van der Waals surface area contributed by atoms with Gasteiger partial charge in [0.2, 0.25) is 0 Å². The molecule has 1 aromatic heterocycles. The molecule has 0 fully saturated rings. The van der Waals surface area contributed by atoms with E-state index in [0.717, 1.165) is 12.3 Å². The Bertz CT molecular complexity index is 303. The van der Waals surface area contributed by atoms with Crippen molar-refractivity contribution in [3.8, 4) is 0 Å². The first-order valence-electron chi connectivity index (χ1n) is 3.04. The predicted octanol–water partition coefficient (Wildman–Crippen LogP) is 2.49. The summed E-state index contributed by atoms with van der Waals surface area (Å²) in [5.74, 6) is 0. The maximum absolute atomic E-state index is 12.0. The van der Waals surface area contributed by atoms with Crippen molar-refractivity contribution in [2.75, 3.05) is 0 Å². The fourth-order valence-corrected chi connectivity index (χ4v) is 0.946. The molecule has 0 unspecified atom stereocenters. The van der Waals surface area contributed by atoms with Crippen LogP contribution in [-0.2, 0) is 0 Å². The molecule has 0 spiro atoms. The summed E-state index contributed by atoms with van der Waals surface area (Å²) in [5.41, 5.74) is -0.313. The quantitative estimate of drug-likeness (QED) is 0.673. The van der Waals surface area contributed by atoms with Crippen LogP contribution in [0.2, 0.25) is 5.02 Å². The molecule has 0 saturated carbocycles. The van der Waals surface area contributed by atoms with E-state index in [1.807, 2.05) is 0 Å². The highest BCUT2D eigenvalue weighted by molar-refractivity contribution is 6.31. The number of pyridine rings is 1. The van der Waals surface area contributed by atoms with Gasteiger partial charge in [-0.3, -0.25) is 9.78 Å². The van der Waals surface area contributed by atoms with Crippen LogP contribution in [0, 0.1) is 0 Å². The molecule has 0 saturated heterocycles. The lowest BCUT2D eigenvalue weighted by Crippen LogP contribution is -1.93. The zero-order chi connectivity index (χ0) is 9.14. The monoisotopic (exact) mass is 191 g/mol. The molecule has 5 heteroatoms. The van der Waals surface area contributed by atoms with Gasteiger partial charge in [0.25, 0.3) is 6.43 Å². The Balaban J connectivity index is 3.11. The lowest BCUT2D eigenvalue weighted by atomic mass is 10.3. The van der Waals surface area contributed by atoms with E-state index >= 15 is 0 Å². The van der Waals surface area contributed by atoms with E-state index in [1.165, 1.54) is 0 Å². The van der Waals surface area contributed by atoms with Crippen LogP contribution in [-0.4, -0.2) is 11.3 Å². The third-order valence-electron chi connectivity index (χ3n) is 1.23. The average Bonchev–Trinajstić information content (AvgIpc) is 2.03. The van der Waals surface area contributed by atoms with Gasteiger partial charge in [-0.15, -0.1) is 0 Å². The van der Waals surface area contributed by atoms with Gasteiger partial charge in [0.05, 0.1) is 5.02 Å². The van der Waals surface area contributed by atoms with Crippen LogP contribution in [0.15, 0.2) is 12.3 Å². The fourth-order valence-electron chi connectivity index (χ4n) is 0.688. The maximum atomic E-state index is 12.0. The van der Waals surface area contributed by atoms with E-state index in [9.17, 15) is 13.6 Å². The Labute approximate surface area is 72.2 Å². The number of aromatic nitrogens is 1. The van der Waals surface area contributed by atoms with Gasteiger partial charge in [-0.1, -0.05) is 11.6 Å². The number of halogens is 3. The van der Waals surface area contributed by atoms with E-state index in [1.54, 1.807) is 0 Å². The minimum Gasteiger partial charge on any atom is -0.298 e. The Kier molecular flexibility index (Phi) is 2.70. The first kappa shape index (κ1) is 9.06. The van der Waals surface area contributed by atoms with Gasteiger partial charge in [-0.05, 0) is 6.07 Å². The molecule has 0 atom stereocenters. The lowest BCUT2D eigenvalue weighted by molar-refractivity contribution is 0.112. The smallest absolute Gasteiger partial charge is 0.281 e. The summed E-state index contributed by atoms with van der Waals surface area (Å²) < 4.78 is 24.1. The first-order valence-corrected chi connectivity index (χ1v) is 3.41. The topological polar surface area (TPSA) is 30.0 Å². The van der Waals surface area contributed by atoms with Crippen molar-refractivity contribution in [3.05, 3.63) is 28.5 Å². The van der Waals surface area contributed by atoms with Gasteiger partial charge in [0.1, 0.15) is 5.69 Å². The molecule has 0 aromatic carbocycles. The van der Waals surface area contributed by atoms with Gasteiger partial charge in [-0.25, -0.2) is 8.78 Å². The van der Waals surface area contributed by atoms with Gasteiger partial charge in [0, 0.05) is 11.8 Å². The van der Waals surface area contributed by atoms with Crippen LogP contribution >= 0.6 is 11.6 Å². The van der Waals surface area contributed by atoms with E-state index in [2.05, 4.69) is 4.98 Å². The molecule has 0 aliphatic rings. The highest BCUT2D eigenvalue weighted by atomic mass is 35.5. The van der Waals surface area contributed by atoms with Crippen LogP contribution in [0.25, 0.3) is 0 Å². The van der Waals surface area contributed by atoms with Crippen molar-refractivity contribution in [3.63, 3.8) is 0 Å². The fraction of sp³-hybridized carbons (Fsp3) is 0.143. The van der Waals surface area contributed by atoms with Crippen molar-refractivity contribution in [2.45, 2.75) is 6.43 Å². The highest BCUT2D eigenvalue weighted by Crippen LogP contribution is 2.24. The lowest BCUT2D eigenvalue weighted by Gasteiger charge is -2.00. The van der Waals surface area contributed by atoms with Crippen LogP contribution in [0.3, 0.4) is 0 Å². The zero-order valence-corrected chi connectivity index (χ0v) is 6.55. The molecule has 1 heterocycles. The number of alkyl halides is 2. The number of nitrogens with zero attached hydrogens (tertiary/aromatic N) is 1. The molecule has 64 valence electrons. The Morgan fingerprint density at radius 2 is 2.25 bits per heavy atom. The second-order valence-corrected chi connectivity index (χ2v) is 2.46. The van der Waals surface area contributed by atoms with Gasteiger partial charge >= 0.3 is 0 Å². The second kappa shape index (κ2) is 3.58. The largest absolute Gasteiger partial charge is 0.298 e. The molecular weight excluding hydrogens is 188 g/mol. The summed E-state index contributed by atoms with van der Waals surface area (Å²) in [6.45, 7) is 0. The molecule has 1 rings (SSSR count). The first-order chi connectivity index (χ1) is 5.65. The van der Waals surface area contributed by atoms with Crippen LogP contribution < -0.4 is 0 Å². The number of aldehydes is 1. The average molecular weight is 192 g/mol. The van der Waals surface area contributed by atoms with Crippen molar-refractivity contribution in [2.24, 2.45) is 0 Å². The number of hydrogen-bond acceptors (Lipinski definition) is 2. The summed E-state index contributed by atoms with van der Waals surface area (Å²) in [7, 11) is 0. The van der Waals surface area contributed by atoms with Crippen molar-refractivity contribution in [1.82, 2.24) is 4.98 Å².